The molecule has 184 valence electrons. The number of rotatable bonds is 6. The number of methoxy groups -OCH3 is 1. The van der Waals surface area contributed by atoms with Crippen molar-refractivity contribution in [3.8, 4) is 11.5 Å². The predicted octanol–water partition coefficient (Wildman–Crippen LogP) is 5.52. The number of aryl methyl sites for hydroxylation is 2. The molecule has 0 aromatic heterocycles. The second-order valence-corrected chi connectivity index (χ2v) is 8.87. The Bertz CT molecular complexity index is 1410. The molecule has 1 N–H and O–H groups in total. The molecule has 0 aliphatic carbocycles. The number of carbonyl (C=O) groups excluding carboxylic acids is 3. The molecule has 0 bridgehead atoms. The number of ether oxygens (including phenoxy) is 2. The Kier molecular flexibility index (Phi) is 7.12. The minimum absolute atomic E-state index is 0.195. The van der Waals surface area contributed by atoms with E-state index < -0.39 is 17.8 Å². The van der Waals surface area contributed by atoms with Crippen molar-refractivity contribution in [3.05, 3.63) is 93.0 Å². The summed E-state index contributed by atoms with van der Waals surface area (Å²) in [6.45, 7) is 6.15. The summed E-state index contributed by atoms with van der Waals surface area (Å²) in [6.07, 6.45) is 1.41. The number of barbiturate groups is 1. The Morgan fingerprint density at radius 1 is 0.944 bits per heavy atom. The second-order valence-electron chi connectivity index (χ2n) is 8.46. The fourth-order valence-electron chi connectivity index (χ4n) is 3.83. The third kappa shape index (κ3) is 4.97. The van der Waals surface area contributed by atoms with Crippen molar-refractivity contribution in [2.24, 2.45) is 0 Å². The number of anilines is 1. The van der Waals surface area contributed by atoms with Gasteiger partial charge in [0.1, 0.15) is 12.2 Å². The fourth-order valence-corrected chi connectivity index (χ4v) is 4.00. The van der Waals surface area contributed by atoms with Crippen LogP contribution in [-0.4, -0.2) is 25.0 Å². The topological polar surface area (TPSA) is 84.9 Å². The van der Waals surface area contributed by atoms with Crippen LogP contribution in [-0.2, 0) is 16.2 Å². The van der Waals surface area contributed by atoms with Gasteiger partial charge in [0.2, 0.25) is 0 Å². The molecule has 1 aliphatic heterocycles. The van der Waals surface area contributed by atoms with E-state index in [0.717, 1.165) is 10.5 Å². The lowest BCUT2D eigenvalue weighted by atomic mass is 10.1. The summed E-state index contributed by atoms with van der Waals surface area (Å²) in [7, 11) is 1.51. The quantitative estimate of drug-likeness (QED) is 0.353. The number of hydrogen-bond donors (Lipinski definition) is 1. The van der Waals surface area contributed by atoms with Gasteiger partial charge in [-0.05, 0) is 78.9 Å². The van der Waals surface area contributed by atoms with Crippen LogP contribution < -0.4 is 19.7 Å². The van der Waals surface area contributed by atoms with E-state index >= 15 is 0 Å². The van der Waals surface area contributed by atoms with Gasteiger partial charge in [-0.25, -0.2) is 9.69 Å². The molecule has 1 fully saturated rings. The lowest BCUT2D eigenvalue weighted by molar-refractivity contribution is -0.122. The van der Waals surface area contributed by atoms with Crippen LogP contribution in [0, 0.1) is 20.8 Å². The van der Waals surface area contributed by atoms with Crippen LogP contribution in [0.15, 0.2) is 60.2 Å². The Labute approximate surface area is 214 Å². The van der Waals surface area contributed by atoms with Crippen LogP contribution in [0.25, 0.3) is 6.08 Å². The van der Waals surface area contributed by atoms with Gasteiger partial charge >= 0.3 is 6.03 Å². The Morgan fingerprint density at radius 3 is 2.44 bits per heavy atom. The van der Waals surface area contributed by atoms with E-state index in [-0.39, 0.29) is 5.57 Å². The zero-order chi connectivity index (χ0) is 26.0. The number of carbonyl (C=O) groups is 3. The zero-order valence-corrected chi connectivity index (χ0v) is 21.1. The molecule has 4 amide bonds. The van der Waals surface area contributed by atoms with E-state index in [2.05, 4.69) is 18.3 Å². The van der Waals surface area contributed by atoms with Gasteiger partial charge in [-0.2, -0.15) is 0 Å². The van der Waals surface area contributed by atoms with Gasteiger partial charge in [-0.3, -0.25) is 14.9 Å². The van der Waals surface area contributed by atoms with Crippen LogP contribution in [0.4, 0.5) is 10.5 Å². The molecule has 0 saturated carbocycles. The molecular weight excluding hydrogens is 480 g/mol. The molecule has 1 saturated heterocycles. The maximum Gasteiger partial charge on any atom is 0.335 e. The third-order valence-corrected chi connectivity index (χ3v) is 6.46. The third-order valence-electron chi connectivity index (χ3n) is 6.05. The van der Waals surface area contributed by atoms with E-state index in [0.29, 0.717) is 39.9 Å². The molecule has 0 atom stereocenters. The second kappa shape index (κ2) is 10.3. The van der Waals surface area contributed by atoms with Crippen LogP contribution >= 0.6 is 11.6 Å². The molecule has 1 aliphatic rings. The smallest absolute Gasteiger partial charge is 0.335 e. The molecule has 7 nitrogen and oxygen atoms in total. The van der Waals surface area contributed by atoms with Gasteiger partial charge in [-0.15, -0.1) is 0 Å². The highest BCUT2D eigenvalue weighted by molar-refractivity contribution is 6.39. The Morgan fingerprint density at radius 2 is 1.72 bits per heavy atom. The monoisotopic (exact) mass is 504 g/mol. The highest BCUT2D eigenvalue weighted by Gasteiger charge is 2.37. The highest BCUT2D eigenvalue weighted by Crippen LogP contribution is 2.32. The summed E-state index contributed by atoms with van der Waals surface area (Å²) in [5.41, 5.74) is 4.60. The molecular formula is C28H25ClN2O5. The van der Waals surface area contributed by atoms with Gasteiger partial charge < -0.3 is 9.47 Å². The van der Waals surface area contributed by atoms with Gasteiger partial charge in [0.05, 0.1) is 12.8 Å². The Balaban J connectivity index is 1.61. The molecule has 8 heteroatoms. The minimum Gasteiger partial charge on any atom is -0.493 e. The van der Waals surface area contributed by atoms with Gasteiger partial charge in [0.25, 0.3) is 11.8 Å². The molecule has 1 heterocycles. The Hall–Kier alpha value is -4.10. The first-order valence-corrected chi connectivity index (χ1v) is 11.6. The first kappa shape index (κ1) is 25.0. The molecule has 3 aromatic rings. The lowest BCUT2D eigenvalue weighted by Gasteiger charge is -2.27. The van der Waals surface area contributed by atoms with Crippen molar-refractivity contribution < 1.29 is 23.9 Å². The fraction of sp³-hybridized carbons (Fsp3) is 0.179. The predicted molar refractivity (Wildman–Crippen MR) is 138 cm³/mol. The summed E-state index contributed by atoms with van der Waals surface area (Å²) in [6, 6.07) is 15.3. The first-order valence-electron chi connectivity index (χ1n) is 11.2. The van der Waals surface area contributed by atoms with Crippen molar-refractivity contribution in [1.29, 1.82) is 0 Å². The number of hydrogen-bond acceptors (Lipinski definition) is 5. The average molecular weight is 505 g/mol. The lowest BCUT2D eigenvalue weighted by Crippen LogP contribution is -2.54. The maximum absolute atomic E-state index is 13.2. The summed E-state index contributed by atoms with van der Waals surface area (Å²) in [5, 5.41) is 2.62. The van der Waals surface area contributed by atoms with Gasteiger partial charge in [0.15, 0.2) is 11.5 Å². The molecule has 36 heavy (non-hydrogen) atoms. The number of amides is 4. The van der Waals surface area contributed by atoms with Crippen molar-refractivity contribution in [2.75, 3.05) is 12.0 Å². The van der Waals surface area contributed by atoms with Crippen molar-refractivity contribution in [3.63, 3.8) is 0 Å². The SMILES string of the molecule is COc1cc(/C=C2\C(=O)NC(=O)N(c3cccc(Cl)c3C)C2=O)ccc1OCc1ccc(C)c(C)c1. The number of nitrogens with zero attached hydrogens (tertiary/aromatic N) is 1. The number of halogens is 1. The van der Waals surface area contributed by atoms with E-state index in [1.165, 1.54) is 24.3 Å². The number of benzene rings is 3. The van der Waals surface area contributed by atoms with Crippen molar-refractivity contribution >= 4 is 41.2 Å². The largest absolute Gasteiger partial charge is 0.493 e. The molecule has 0 spiro atoms. The van der Waals surface area contributed by atoms with Gasteiger partial charge in [-0.1, -0.05) is 41.9 Å². The van der Waals surface area contributed by atoms with Crippen LogP contribution in [0.3, 0.4) is 0 Å². The van der Waals surface area contributed by atoms with E-state index in [9.17, 15) is 14.4 Å². The summed E-state index contributed by atoms with van der Waals surface area (Å²) in [5.74, 6) is -0.572. The van der Waals surface area contributed by atoms with E-state index in [1.807, 2.05) is 19.1 Å². The van der Waals surface area contributed by atoms with E-state index in [4.69, 9.17) is 21.1 Å². The van der Waals surface area contributed by atoms with Crippen molar-refractivity contribution in [2.45, 2.75) is 27.4 Å². The zero-order valence-electron chi connectivity index (χ0n) is 20.3. The summed E-state index contributed by atoms with van der Waals surface area (Å²) in [4.78, 5) is 39.2. The number of imide groups is 2. The average Bonchev–Trinajstić information content (AvgIpc) is 2.85. The van der Waals surface area contributed by atoms with Crippen LogP contribution in [0.1, 0.15) is 27.8 Å². The normalized spacial score (nSPS) is 14.8. The van der Waals surface area contributed by atoms with Crippen molar-refractivity contribution in [1.82, 2.24) is 5.32 Å². The molecule has 0 unspecified atom stereocenters. The first-order chi connectivity index (χ1) is 17.2. The van der Waals surface area contributed by atoms with Crippen LogP contribution in [0.5, 0.6) is 11.5 Å². The number of nitrogens with one attached hydrogen (secondary N) is 1. The molecule has 0 radical (unpaired) electrons. The molecule has 4 rings (SSSR count). The standard InChI is InChI=1S/C28H25ClN2O5/c1-16-8-9-20(12-17(16)2)15-36-24-11-10-19(14-25(24)35-4)13-21-26(32)30-28(34)31(27(21)33)23-7-5-6-22(29)18(23)3/h5-14H,15H2,1-4H3,(H,30,32,34)/b21-13+. The highest BCUT2D eigenvalue weighted by atomic mass is 35.5. The maximum atomic E-state index is 13.2. The van der Waals surface area contributed by atoms with Crippen LogP contribution in [0.2, 0.25) is 5.02 Å². The number of urea groups is 1. The van der Waals surface area contributed by atoms with E-state index in [1.54, 1.807) is 43.3 Å². The summed E-state index contributed by atoms with van der Waals surface area (Å²) >= 11 is 6.17. The minimum atomic E-state index is -0.833. The molecule has 3 aromatic carbocycles. The summed E-state index contributed by atoms with van der Waals surface area (Å²) < 4.78 is 11.4. The van der Waals surface area contributed by atoms with Gasteiger partial charge in [0, 0.05) is 5.02 Å².